The van der Waals surface area contributed by atoms with E-state index in [-0.39, 0.29) is 12.4 Å². The molecule has 0 aliphatic carbocycles. The molecule has 34 heavy (non-hydrogen) atoms. The van der Waals surface area contributed by atoms with Crippen molar-refractivity contribution in [3.8, 4) is 0 Å². The van der Waals surface area contributed by atoms with Crippen LogP contribution >= 0.6 is 11.8 Å². The highest BCUT2D eigenvalue weighted by atomic mass is 32.2. The number of benzene rings is 4. The molecule has 0 spiro atoms. The van der Waals surface area contributed by atoms with Crippen molar-refractivity contribution in [1.29, 1.82) is 0 Å². The van der Waals surface area contributed by atoms with Crippen molar-refractivity contribution in [1.82, 2.24) is 0 Å². The molecule has 4 aromatic rings. The Balaban J connectivity index is 1.35. The van der Waals surface area contributed by atoms with Gasteiger partial charge in [-0.2, -0.15) is 0 Å². The number of para-hydroxylation sites is 2. The lowest BCUT2D eigenvalue weighted by molar-refractivity contribution is -0.118. The van der Waals surface area contributed by atoms with Crippen molar-refractivity contribution in [3.63, 3.8) is 0 Å². The summed E-state index contributed by atoms with van der Waals surface area (Å²) >= 11 is 1.80. The monoisotopic (exact) mass is 459 g/mol. The molecule has 0 radical (unpaired) electrons. The summed E-state index contributed by atoms with van der Waals surface area (Å²) in [6.07, 6.45) is 3.77. The summed E-state index contributed by atoms with van der Waals surface area (Å²) in [6.45, 7) is 0.0592. The molecular weight excluding hydrogens is 438 g/mol. The van der Waals surface area contributed by atoms with E-state index in [2.05, 4.69) is 77.7 Å². The smallest absolute Gasteiger partial charge is 0.200 e. The highest BCUT2D eigenvalue weighted by Gasteiger charge is 2.24. The Hall–Kier alpha value is -4.02. The average Bonchev–Trinajstić information content (AvgIpc) is 2.89. The molecule has 0 saturated carbocycles. The first-order chi connectivity index (χ1) is 16.8. The molecule has 0 N–H and O–H groups in total. The van der Waals surface area contributed by atoms with Crippen molar-refractivity contribution in [2.75, 3.05) is 11.5 Å². The zero-order valence-electron chi connectivity index (χ0n) is 18.3. The molecule has 164 valence electrons. The lowest BCUT2D eigenvalue weighted by Gasteiger charge is -2.32. The average molecular weight is 460 g/mol. The van der Waals surface area contributed by atoms with E-state index in [1.165, 1.54) is 21.2 Å². The quantitative estimate of drug-likeness (QED) is 0.259. The zero-order chi connectivity index (χ0) is 22.9. The van der Waals surface area contributed by atoms with Crippen LogP contribution < -0.4 is 4.90 Å². The third kappa shape index (κ3) is 3.82. The summed E-state index contributed by atoms with van der Waals surface area (Å²) in [7, 11) is 0. The summed E-state index contributed by atoms with van der Waals surface area (Å²) in [5, 5.41) is 0. The van der Waals surface area contributed by atoms with Crippen LogP contribution in [-0.2, 0) is 9.53 Å². The predicted octanol–water partition coefficient (Wildman–Crippen LogP) is 7.64. The van der Waals surface area contributed by atoms with Crippen LogP contribution in [-0.4, -0.2) is 12.4 Å². The number of fused-ring (bicyclic) bond motifs is 2. The first-order valence-corrected chi connectivity index (χ1v) is 12.0. The first-order valence-electron chi connectivity index (χ1n) is 11.2. The van der Waals surface area contributed by atoms with Gasteiger partial charge in [0, 0.05) is 26.6 Å². The molecule has 0 bridgehead atoms. The number of nitrogens with zero attached hydrogens (tertiary/aromatic N) is 1. The van der Waals surface area contributed by atoms with Gasteiger partial charge in [-0.25, -0.2) is 0 Å². The van der Waals surface area contributed by atoms with Crippen molar-refractivity contribution in [2.24, 2.45) is 0 Å². The van der Waals surface area contributed by atoms with E-state index in [1.54, 1.807) is 11.8 Å². The van der Waals surface area contributed by atoms with Crippen molar-refractivity contribution >= 4 is 46.4 Å². The highest BCUT2D eigenvalue weighted by molar-refractivity contribution is 7.99. The van der Waals surface area contributed by atoms with Crippen molar-refractivity contribution in [2.45, 2.75) is 9.79 Å². The number of carbonyl (C=O) groups is 1. The van der Waals surface area contributed by atoms with Gasteiger partial charge in [-0.3, -0.25) is 4.79 Å². The molecule has 3 nitrogen and oxygen atoms in total. The Morgan fingerprint density at radius 3 is 2.03 bits per heavy atom. The molecule has 0 saturated heterocycles. The number of ether oxygens (including phenoxy) is 1. The molecule has 6 rings (SSSR count). The van der Waals surface area contributed by atoms with Crippen LogP contribution in [0.1, 0.15) is 11.1 Å². The van der Waals surface area contributed by atoms with Gasteiger partial charge in [-0.05, 0) is 54.1 Å². The molecule has 4 heteroatoms. The van der Waals surface area contributed by atoms with Gasteiger partial charge in [0.2, 0.25) is 0 Å². The van der Waals surface area contributed by atoms with E-state index in [9.17, 15) is 4.79 Å². The molecule has 0 fully saturated rings. The Morgan fingerprint density at radius 1 is 0.735 bits per heavy atom. The molecule has 0 aromatic heterocycles. The molecular formula is C30H21NO2S. The van der Waals surface area contributed by atoms with Gasteiger partial charge < -0.3 is 9.64 Å². The lowest BCUT2D eigenvalue weighted by Crippen LogP contribution is -2.15. The molecule has 0 atom stereocenters. The van der Waals surface area contributed by atoms with Crippen LogP contribution in [0.25, 0.3) is 11.8 Å². The predicted molar refractivity (Wildman–Crippen MR) is 139 cm³/mol. The zero-order valence-corrected chi connectivity index (χ0v) is 19.2. The summed E-state index contributed by atoms with van der Waals surface area (Å²) < 4.78 is 5.67. The van der Waals surface area contributed by atoms with E-state index in [0.29, 0.717) is 5.57 Å². The molecule has 2 aliphatic heterocycles. The van der Waals surface area contributed by atoms with Gasteiger partial charge >= 0.3 is 0 Å². The SMILES string of the molecule is O=C1COC(c2ccccc2)=CC1=Cc1ccc(N2c3ccccc3Sc3ccccc32)cc1. The molecule has 2 aliphatic rings. The second kappa shape index (κ2) is 8.73. The fraction of sp³-hybridized carbons (Fsp3) is 0.0333. The number of rotatable bonds is 3. The van der Waals surface area contributed by atoms with E-state index in [4.69, 9.17) is 4.74 Å². The van der Waals surface area contributed by atoms with E-state index in [1.807, 2.05) is 42.5 Å². The fourth-order valence-corrected chi connectivity index (χ4v) is 5.32. The van der Waals surface area contributed by atoms with Crippen LogP contribution in [0.3, 0.4) is 0 Å². The van der Waals surface area contributed by atoms with Gasteiger partial charge in [0.05, 0.1) is 11.4 Å². The Labute approximate surface area is 203 Å². The van der Waals surface area contributed by atoms with Crippen LogP contribution in [0.4, 0.5) is 17.1 Å². The fourth-order valence-electron chi connectivity index (χ4n) is 4.26. The Kier molecular flexibility index (Phi) is 5.28. The van der Waals surface area contributed by atoms with Crippen LogP contribution in [0.15, 0.2) is 125 Å². The van der Waals surface area contributed by atoms with Crippen LogP contribution in [0.5, 0.6) is 0 Å². The minimum Gasteiger partial charge on any atom is -0.485 e. The molecule has 2 heterocycles. The maximum Gasteiger partial charge on any atom is 0.200 e. The normalized spacial score (nSPS) is 15.9. The second-order valence-electron chi connectivity index (χ2n) is 8.15. The summed E-state index contributed by atoms with van der Waals surface area (Å²) in [6, 6.07) is 35.2. The number of carbonyl (C=O) groups excluding carboxylic acids is 1. The lowest BCUT2D eigenvalue weighted by atomic mass is 10.0. The Morgan fingerprint density at radius 2 is 1.35 bits per heavy atom. The number of ketones is 1. The first kappa shape index (κ1) is 20.6. The number of allylic oxidation sites excluding steroid dienone is 1. The molecule has 0 unspecified atom stereocenters. The summed E-state index contributed by atoms with van der Waals surface area (Å²) in [5.41, 5.74) is 6.03. The van der Waals surface area contributed by atoms with Gasteiger partial charge in [0.15, 0.2) is 12.4 Å². The third-order valence-corrected chi connectivity index (χ3v) is 7.06. The summed E-state index contributed by atoms with van der Waals surface area (Å²) in [4.78, 5) is 17.3. The van der Waals surface area contributed by atoms with E-state index < -0.39 is 0 Å². The molecule has 0 amide bonds. The maximum atomic E-state index is 12.5. The topological polar surface area (TPSA) is 29.5 Å². The van der Waals surface area contributed by atoms with Crippen molar-refractivity contribution in [3.05, 3.63) is 126 Å². The third-order valence-electron chi connectivity index (χ3n) is 5.93. The standard InChI is InChI=1S/C30H21NO2S/c32-27-20-33-28(22-8-2-1-3-9-22)19-23(27)18-21-14-16-24(17-15-21)31-25-10-4-6-12-29(25)34-30-13-7-5-11-26(30)31/h1-19H,20H2. The minimum absolute atomic E-state index is 0.0142. The van der Waals surface area contributed by atoms with Gasteiger partial charge in [0.1, 0.15) is 5.76 Å². The van der Waals surface area contributed by atoms with Crippen molar-refractivity contribution < 1.29 is 9.53 Å². The van der Waals surface area contributed by atoms with Gasteiger partial charge in [-0.1, -0.05) is 78.5 Å². The second-order valence-corrected chi connectivity index (χ2v) is 9.23. The number of Topliss-reactive ketones (excluding diaryl/α,β-unsaturated/α-hetero) is 1. The number of hydrogen-bond acceptors (Lipinski definition) is 4. The van der Waals surface area contributed by atoms with E-state index in [0.717, 1.165) is 22.6 Å². The molecule has 4 aromatic carbocycles. The Bertz CT molecular complexity index is 1390. The van der Waals surface area contributed by atoms with Gasteiger partial charge in [0.25, 0.3) is 0 Å². The number of hydrogen-bond donors (Lipinski definition) is 0. The van der Waals surface area contributed by atoms with E-state index >= 15 is 0 Å². The van der Waals surface area contributed by atoms with Crippen LogP contribution in [0, 0.1) is 0 Å². The summed E-state index contributed by atoms with van der Waals surface area (Å²) in [5.74, 6) is 0.710. The van der Waals surface area contributed by atoms with Gasteiger partial charge in [-0.15, -0.1) is 0 Å². The van der Waals surface area contributed by atoms with Crippen LogP contribution in [0.2, 0.25) is 0 Å². The maximum absolute atomic E-state index is 12.5. The largest absolute Gasteiger partial charge is 0.485 e. The number of anilines is 3. The highest BCUT2D eigenvalue weighted by Crippen LogP contribution is 2.51. The minimum atomic E-state index is -0.0142.